The highest BCUT2D eigenvalue weighted by atomic mass is 16.5. The fourth-order valence-corrected chi connectivity index (χ4v) is 2.32. The highest BCUT2D eigenvalue weighted by Crippen LogP contribution is 2.18. The minimum atomic E-state index is -0.894. The van der Waals surface area contributed by atoms with Gasteiger partial charge in [0.15, 0.2) is 0 Å². The molecule has 2 aliphatic rings. The van der Waals surface area contributed by atoms with Crippen LogP contribution in [-0.2, 0) is 14.3 Å². The fraction of sp³-hybridized carbons (Fsp3) is 0.818. The van der Waals surface area contributed by atoms with Crippen molar-refractivity contribution in [2.75, 3.05) is 32.8 Å². The molecule has 2 heterocycles. The van der Waals surface area contributed by atoms with E-state index < -0.39 is 12.0 Å². The molecule has 0 aliphatic carbocycles. The predicted octanol–water partition coefficient (Wildman–Crippen LogP) is -0.702. The number of ether oxygens (including phenoxy) is 1. The number of hydrogen-bond acceptors (Lipinski definition) is 4. The lowest BCUT2D eigenvalue weighted by atomic mass is 9.98. The van der Waals surface area contributed by atoms with Crippen LogP contribution in [0.3, 0.4) is 0 Å². The van der Waals surface area contributed by atoms with Gasteiger partial charge in [-0.1, -0.05) is 0 Å². The minimum Gasteiger partial charge on any atom is -0.480 e. The first-order chi connectivity index (χ1) is 8.18. The average molecular weight is 242 g/mol. The number of nitrogens with one attached hydrogen (secondary N) is 1. The number of carbonyl (C=O) groups is 2. The first-order valence-corrected chi connectivity index (χ1v) is 6.01. The maximum atomic E-state index is 12.2. The van der Waals surface area contributed by atoms with Crippen molar-refractivity contribution in [2.45, 2.75) is 18.9 Å². The lowest BCUT2D eigenvalue weighted by molar-refractivity contribution is -0.145. The van der Waals surface area contributed by atoms with Gasteiger partial charge in [0.05, 0.1) is 0 Å². The molecule has 0 radical (unpaired) electrons. The van der Waals surface area contributed by atoms with E-state index in [0.717, 1.165) is 12.8 Å². The number of carboxylic acid groups (broad SMARTS) is 1. The molecule has 0 spiro atoms. The van der Waals surface area contributed by atoms with Crippen molar-refractivity contribution in [3.63, 3.8) is 0 Å². The maximum Gasteiger partial charge on any atom is 0.322 e. The zero-order chi connectivity index (χ0) is 12.3. The average Bonchev–Trinajstić information content (AvgIpc) is 2.39. The SMILES string of the molecule is O=C(O)C1CN(C(=O)C2CCOCC2)CCN1. The van der Waals surface area contributed by atoms with E-state index in [1.54, 1.807) is 4.90 Å². The number of nitrogens with zero attached hydrogens (tertiary/aromatic N) is 1. The standard InChI is InChI=1S/C11H18N2O4/c14-10(8-1-5-17-6-2-8)13-4-3-12-9(7-13)11(15)16/h8-9,12H,1-7H2,(H,15,16). The molecule has 0 bridgehead atoms. The zero-order valence-corrected chi connectivity index (χ0v) is 9.72. The Morgan fingerprint density at radius 3 is 2.65 bits per heavy atom. The van der Waals surface area contributed by atoms with Gasteiger partial charge < -0.3 is 20.1 Å². The number of rotatable bonds is 2. The molecule has 1 unspecified atom stereocenters. The van der Waals surface area contributed by atoms with Crippen molar-refractivity contribution in [2.24, 2.45) is 5.92 Å². The molecule has 0 aromatic carbocycles. The van der Waals surface area contributed by atoms with Crippen LogP contribution in [-0.4, -0.2) is 60.8 Å². The van der Waals surface area contributed by atoms with Crippen LogP contribution in [0, 0.1) is 5.92 Å². The number of piperazine rings is 1. The molecular formula is C11H18N2O4. The van der Waals surface area contributed by atoms with Crippen LogP contribution in [0.25, 0.3) is 0 Å². The van der Waals surface area contributed by atoms with Crippen LogP contribution in [0.5, 0.6) is 0 Å². The minimum absolute atomic E-state index is 0.0105. The van der Waals surface area contributed by atoms with Crippen molar-refractivity contribution in [3.05, 3.63) is 0 Å². The summed E-state index contributed by atoms with van der Waals surface area (Å²) in [5, 5.41) is 11.8. The summed E-state index contributed by atoms with van der Waals surface area (Å²) in [6.07, 6.45) is 1.50. The van der Waals surface area contributed by atoms with Crippen molar-refractivity contribution >= 4 is 11.9 Å². The Bertz CT molecular complexity index is 302. The van der Waals surface area contributed by atoms with Crippen LogP contribution in [0.2, 0.25) is 0 Å². The monoisotopic (exact) mass is 242 g/mol. The van der Waals surface area contributed by atoms with Crippen molar-refractivity contribution in [1.29, 1.82) is 0 Å². The van der Waals surface area contributed by atoms with E-state index in [2.05, 4.69) is 5.32 Å². The normalized spacial score (nSPS) is 26.8. The van der Waals surface area contributed by atoms with Crippen LogP contribution in [0.15, 0.2) is 0 Å². The van der Waals surface area contributed by atoms with Gasteiger partial charge in [-0.2, -0.15) is 0 Å². The summed E-state index contributed by atoms with van der Waals surface area (Å²) < 4.78 is 5.22. The van der Waals surface area contributed by atoms with E-state index in [9.17, 15) is 9.59 Å². The Morgan fingerprint density at radius 2 is 2.00 bits per heavy atom. The molecule has 17 heavy (non-hydrogen) atoms. The van der Waals surface area contributed by atoms with Crippen molar-refractivity contribution in [1.82, 2.24) is 10.2 Å². The van der Waals surface area contributed by atoms with Crippen molar-refractivity contribution < 1.29 is 19.4 Å². The summed E-state index contributed by atoms with van der Waals surface area (Å²) in [6, 6.07) is -0.632. The van der Waals surface area contributed by atoms with Gasteiger partial charge in [0.25, 0.3) is 0 Å². The Labute approximate surface area is 99.9 Å². The number of amides is 1. The molecular weight excluding hydrogens is 224 g/mol. The van der Waals surface area contributed by atoms with E-state index >= 15 is 0 Å². The predicted molar refractivity (Wildman–Crippen MR) is 59.5 cm³/mol. The van der Waals surface area contributed by atoms with E-state index in [4.69, 9.17) is 9.84 Å². The first kappa shape index (κ1) is 12.3. The molecule has 6 nitrogen and oxygen atoms in total. The molecule has 6 heteroatoms. The maximum absolute atomic E-state index is 12.2. The smallest absolute Gasteiger partial charge is 0.322 e. The number of carbonyl (C=O) groups excluding carboxylic acids is 1. The second-order valence-electron chi connectivity index (χ2n) is 4.52. The fourth-order valence-electron chi connectivity index (χ4n) is 2.32. The summed E-state index contributed by atoms with van der Waals surface area (Å²) in [5.41, 5.74) is 0. The summed E-state index contributed by atoms with van der Waals surface area (Å²) in [6.45, 7) is 2.67. The third kappa shape index (κ3) is 2.95. The second kappa shape index (κ2) is 5.46. The van der Waals surface area contributed by atoms with Crippen molar-refractivity contribution in [3.8, 4) is 0 Å². The Kier molecular flexibility index (Phi) is 3.96. The van der Waals surface area contributed by atoms with Gasteiger partial charge in [-0.05, 0) is 12.8 Å². The Hall–Kier alpha value is -1.14. The highest BCUT2D eigenvalue weighted by Gasteiger charge is 2.32. The number of aliphatic carboxylic acids is 1. The molecule has 0 aromatic heterocycles. The Morgan fingerprint density at radius 1 is 1.29 bits per heavy atom. The van der Waals surface area contributed by atoms with Gasteiger partial charge in [0, 0.05) is 38.8 Å². The second-order valence-corrected chi connectivity index (χ2v) is 4.52. The molecule has 0 aromatic rings. The van der Waals surface area contributed by atoms with Crippen LogP contribution >= 0.6 is 0 Å². The van der Waals surface area contributed by atoms with Gasteiger partial charge in [0.2, 0.25) is 5.91 Å². The molecule has 2 saturated heterocycles. The molecule has 0 saturated carbocycles. The van der Waals surface area contributed by atoms with E-state index in [0.29, 0.717) is 26.3 Å². The van der Waals surface area contributed by atoms with Crippen LogP contribution in [0.4, 0.5) is 0 Å². The van der Waals surface area contributed by atoms with Crippen LogP contribution < -0.4 is 5.32 Å². The largest absolute Gasteiger partial charge is 0.480 e. The van der Waals surface area contributed by atoms with Gasteiger partial charge in [-0.15, -0.1) is 0 Å². The summed E-state index contributed by atoms with van der Waals surface area (Å²) >= 11 is 0. The number of hydrogen-bond donors (Lipinski definition) is 2. The molecule has 1 amide bonds. The topological polar surface area (TPSA) is 78.9 Å². The summed E-state index contributed by atoms with van der Waals surface area (Å²) in [7, 11) is 0. The zero-order valence-electron chi connectivity index (χ0n) is 9.72. The van der Waals surface area contributed by atoms with E-state index in [1.807, 2.05) is 0 Å². The highest BCUT2D eigenvalue weighted by molar-refractivity contribution is 5.81. The quantitative estimate of drug-likeness (QED) is 0.669. The van der Waals surface area contributed by atoms with Gasteiger partial charge in [-0.3, -0.25) is 9.59 Å². The van der Waals surface area contributed by atoms with Crippen LogP contribution in [0.1, 0.15) is 12.8 Å². The Balaban J connectivity index is 1.91. The third-order valence-corrected chi connectivity index (χ3v) is 3.36. The first-order valence-electron chi connectivity index (χ1n) is 6.01. The number of carboxylic acids is 1. The third-order valence-electron chi connectivity index (χ3n) is 3.36. The molecule has 96 valence electrons. The molecule has 2 rings (SSSR count). The van der Waals surface area contributed by atoms with Gasteiger partial charge in [0.1, 0.15) is 6.04 Å². The molecule has 2 fully saturated rings. The summed E-state index contributed by atoms with van der Waals surface area (Å²) in [4.78, 5) is 24.7. The lowest BCUT2D eigenvalue weighted by Gasteiger charge is -2.35. The van der Waals surface area contributed by atoms with E-state index in [1.165, 1.54) is 0 Å². The van der Waals surface area contributed by atoms with Gasteiger partial charge >= 0.3 is 5.97 Å². The molecule has 2 N–H and O–H groups in total. The lowest BCUT2D eigenvalue weighted by Crippen LogP contribution is -2.57. The van der Waals surface area contributed by atoms with E-state index in [-0.39, 0.29) is 18.4 Å². The van der Waals surface area contributed by atoms with Gasteiger partial charge in [-0.25, -0.2) is 0 Å². The summed E-state index contributed by atoms with van der Waals surface area (Å²) in [5.74, 6) is -0.799. The molecule has 1 atom stereocenters. The molecule has 2 aliphatic heterocycles.